The van der Waals surface area contributed by atoms with Gasteiger partial charge in [0.25, 0.3) is 0 Å². The number of nitrogens with two attached hydrogens (primary N) is 2. The Morgan fingerprint density at radius 3 is 1.41 bits per heavy atom. The molecule has 0 saturated heterocycles. The molecule has 0 bridgehead atoms. The van der Waals surface area contributed by atoms with Crippen LogP contribution < -0.4 is 32.2 Å². The third-order valence-electron chi connectivity index (χ3n) is 5.78. The molecular weight excluding hydrogens is 630 g/mol. The first-order valence-corrected chi connectivity index (χ1v) is 14.8. The highest BCUT2D eigenvalue weighted by Crippen LogP contribution is 2.19. The lowest BCUT2D eigenvalue weighted by molar-refractivity contribution is -0.115. The first kappa shape index (κ1) is 40.8. The van der Waals surface area contributed by atoms with Crippen LogP contribution in [0.5, 0.6) is 5.75 Å². The van der Waals surface area contributed by atoms with Crippen LogP contribution in [0.25, 0.3) is 0 Å². The van der Waals surface area contributed by atoms with E-state index in [1.165, 1.54) is 38.5 Å². The molecule has 13 heteroatoms. The van der Waals surface area contributed by atoms with Crippen molar-refractivity contribution in [2.75, 3.05) is 42.0 Å². The minimum Gasteiger partial charge on any atom is -0.489 e. The van der Waals surface area contributed by atoms with Crippen LogP contribution in [0.15, 0.2) is 97.1 Å². The number of carboxylic acid groups (broad SMARTS) is 1. The maximum atomic E-state index is 10.7. The molecule has 0 aliphatic rings. The van der Waals surface area contributed by atoms with Crippen LogP contribution in [-0.2, 0) is 19.1 Å². The van der Waals surface area contributed by atoms with Crippen LogP contribution >= 0.6 is 0 Å². The van der Waals surface area contributed by atoms with Crippen molar-refractivity contribution in [2.24, 2.45) is 5.73 Å². The first-order chi connectivity index (χ1) is 23.2. The molecule has 49 heavy (non-hydrogen) atoms. The zero-order chi connectivity index (χ0) is 36.8. The number of methoxy groups -OCH3 is 1. The molecule has 8 N–H and O–H groups in total. The molecule has 260 valence electrons. The van der Waals surface area contributed by atoms with Crippen LogP contribution in [0, 0.1) is 6.92 Å². The number of carboxylic acids is 1. The van der Waals surface area contributed by atoms with Crippen LogP contribution in [0.1, 0.15) is 47.1 Å². The number of nitrogen functional groups attached to an aromatic ring is 1. The summed E-state index contributed by atoms with van der Waals surface area (Å²) in [4.78, 5) is 52.9. The number of para-hydroxylation sites is 2. The average molecular weight is 674 g/mol. The monoisotopic (exact) mass is 673 g/mol. The fourth-order valence-corrected chi connectivity index (χ4v) is 3.51. The number of carbonyl (C=O) groups excluding carboxylic acids is 4. The molecule has 0 aromatic heterocycles. The third kappa shape index (κ3) is 18.5. The molecule has 13 nitrogen and oxygen atoms in total. The second-order valence-electron chi connectivity index (χ2n) is 10.1. The summed E-state index contributed by atoms with van der Waals surface area (Å²) in [6, 6.07) is 27.5. The largest absolute Gasteiger partial charge is 0.489 e. The van der Waals surface area contributed by atoms with Crippen LogP contribution in [0.4, 0.5) is 22.7 Å². The molecule has 0 atom stereocenters. The molecule has 0 radical (unpaired) electrons. The van der Waals surface area contributed by atoms with Gasteiger partial charge in [-0.3, -0.25) is 19.2 Å². The van der Waals surface area contributed by atoms with Crippen molar-refractivity contribution in [1.29, 1.82) is 0 Å². The van der Waals surface area contributed by atoms with Crippen molar-refractivity contribution < 1.29 is 38.6 Å². The summed E-state index contributed by atoms with van der Waals surface area (Å²) in [6.45, 7) is 7.43. The van der Waals surface area contributed by atoms with E-state index in [-0.39, 0.29) is 23.3 Å². The Bertz CT molecular complexity index is 1570. The van der Waals surface area contributed by atoms with Crippen molar-refractivity contribution in [3.05, 3.63) is 114 Å². The topological polar surface area (TPSA) is 212 Å². The number of rotatable bonds is 9. The van der Waals surface area contributed by atoms with Gasteiger partial charge < -0.3 is 42.0 Å². The maximum Gasteiger partial charge on any atom is 0.335 e. The zero-order valence-electron chi connectivity index (χ0n) is 28.1. The molecule has 4 aromatic carbocycles. The van der Waals surface area contributed by atoms with Crippen LogP contribution in [-0.4, -0.2) is 55.0 Å². The highest BCUT2D eigenvalue weighted by molar-refractivity contribution is 5.94. The second-order valence-corrected chi connectivity index (χ2v) is 10.1. The standard InChI is InChI=1S/C9H10N2O2.C9H9NO3.C9H13NO2.C9H11NO/c1-6(12)11-8-4-2-7(3-5-8)9(10)13;1-6(11)10-8-4-2-7(3-5-8)9(12)13;1-11-6-7-12-9-5-3-2-4-8(9)10;1-7-3-5-9(6-4-7)10-8(2)11/h2-5H,1H3,(H2,10,13)(H,11,12);2-5H,1H3,(H,10,11)(H,12,13);2-5H,6-7,10H2,1H3;3-6H,1-2H3,(H,10,11). The Hall–Kier alpha value is -6.21. The first-order valence-electron chi connectivity index (χ1n) is 14.8. The number of benzene rings is 4. The molecule has 0 saturated carbocycles. The predicted octanol–water partition coefficient (Wildman–Crippen LogP) is 5.33. The minimum atomic E-state index is -0.977. The molecule has 4 amide bonds. The summed E-state index contributed by atoms with van der Waals surface area (Å²) >= 11 is 0. The summed E-state index contributed by atoms with van der Waals surface area (Å²) < 4.78 is 10.2. The van der Waals surface area contributed by atoms with Crippen molar-refractivity contribution in [3.8, 4) is 5.75 Å². The molecule has 4 rings (SSSR count). The number of nitrogens with one attached hydrogen (secondary N) is 3. The summed E-state index contributed by atoms with van der Waals surface area (Å²) in [6.07, 6.45) is 0. The summed E-state index contributed by atoms with van der Waals surface area (Å²) in [5, 5.41) is 16.4. The lowest BCUT2D eigenvalue weighted by atomic mass is 10.2. The van der Waals surface area contributed by atoms with Gasteiger partial charge in [0, 0.05) is 50.5 Å². The van der Waals surface area contributed by atoms with Crippen molar-refractivity contribution in [3.63, 3.8) is 0 Å². The lowest BCUT2D eigenvalue weighted by Gasteiger charge is -2.06. The van der Waals surface area contributed by atoms with Gasteiger partial charge in [0.1, 0.15) is 12.4 Å². The minimum absolute atomic E-state index is 0.0335. The second kappa shape index (κ2) is 22.3. The van der Waals surface area contributed by atoms with E-state index in [0.717, 1.165) is 11.4 Å². The molecule has 0 aliphatic carbocycles. The fraction of sp³-hybridized carbons (Fsp3) is 0.194. The SMILES string of the molecule is CC(=O)Nc1ccc(C(=O)O)cc1.CC(=O)Nc1ccc(C(N)=O)cc1.CC(=O)Nc1ccc(C)cc1.COCCOc1ccccc1N. The quantitative estimate of drug-likeness (QED) is 0.0999. The van der Waals surface area contributed by atoms with Crippen LogP contribution in [0.3, 0.4) is 0 Å². The van der Waals surface area contributed by atoms with Crippen molar-refractivity contribution in [2.45, 2.75) is 27.7 Å². The fourth-order valence-electron chi connectivity index (χ4n) is 3.51. The van der Waals surface area contributed by atoms with E-state index < -0.39 is 11.9 Å². The lowest BCUT2D eigenvalue weighted by Crippen LogP contribution is -2.11. The number of aromatic carboxylic acids is 1. The maximum absolute atomic E-state index is 10.7. The zero-order valence-corrected chi connectivity index (χ0v) is 28.1. The van der Waals surface area contributed by atoms with E-state index >= 15 is 0 Å². The summed E-state index contributed by atoms with van der Waals surface area (Å²) in [5.41, 5.74) is 15.3. The smallest absolute Gasteiger partial charge is 0.335 e. The van der Waals surface area contributed by atoms with E-state index in [1.54, 1.807) is 43.5 Å². The number of carbonyl (C=O) groups is 5. The Labute approximate surface area is 285 Å². The number of primary amides is 1. The molecule has 4 aromatic rings. The van der Waals surface area contributed by atoms with Gasteiger partial charge in [0.05, 0.1) is 17.9 Å². The summed E-state index contributed by atoms with van der Waals surface area (Å²) in [5.74, 6) is -1.10. The number of hydrogen-bond acceptors (Lipinski definition) is 8. The average Bonchev–Trinajstić information content (AvgIpc) is 3.04. The predicted molar refractivity (Wildman–Crippen MR) is 191 cm³/mol. The number of hydrogen-bond donors (Lipinski definition) is 6. The van der Waals surface area contributed by atoms with Gasteiger partial charge in [-0.05, 0) is 79.7 Å². The molecule has 0 spiro atoms. The van der Waals surface area contributed by atoms with Gasteiger partial charge in [-0.1, -0.05) is 29.8 Å². The Morgan fingerprint density at radius 2 is 1.04 bits per heavy atom. The van der Waals surface area contributed by atoms with Gasteiger partial charge >= 0.3 is 5.97 Å². The van der Waals surface area contributed by atoms with E-state index in [2.05, 4.69) is 16.0 Å². The molecular formula is C36H43N5O8. The Balaban J connectivity index is 0.000000327. The van der Waals surface area contributed by atoms with E-state index in [0.29, 0.717) is 35.8 Å². The highest BCUT2D eigenvalue weighted by Gasteiger charge is 2.02. The number of amides is 4. The van der Waals surface area contributed by atoms with Gasteiger partial charge in [-0.25, -0.2) is 4.79 Å². The number of aryl methyl sites for hydroxylation is 1. The molecule has 0 heterocycles. The molecule has 0 fully saturated rings. The van der Waals surface area contributed by atoms with Crippen molar-refractivity contribution >= 4 is 52.3 Å². The van der Waals surface area contributed by atoms with Crippen molar-refractivity contribution in [1.82, 2.24) is 0 Å². The number of ether oxygens (including phenoxy) is 2. The number of anilines is 4. The molecule has 0 aliphatic heterocycles. The van der Waals surface area contributed by atoms with Crippen LogP contribution in [0.2, 0.25) is 0 Å². The van der Waals surface area contributed by atoms with E-state index in [9.17, 15) is 24.0 Å². The van der Waals surface area contributed by atoms with Gasteiger partial charge in [0.2, 0.25) is 23.6 Å². The van der Waals surface area contributed by atoms with Gasteiger partial charge in [-0.2, -0.15) is 0 Å². The summed E-state index contributed by atoms with van der Waals surface area (Å²) in [7, 11) is 1.64. The van der Waals surface area contributed by atoms with E-state index in [1.807, 2.05) is 55.5 Å². The molecule has 0 unspecified atom stereocenters. The van der Waals surface area contributed by atoms with Gasteiger partial charge in [-0.15, -0.1) is 0 Å². The highest BCUT2D eigenvalue weighted by atomic mass is 16.5. The van der Waals surface area contributed by atoms with Gasteiger partial charge in [0.15, 0.2) is 0 Å². The Kier molecular flexibility index (Phi) is 18.6. The Morgan fingerprint density at radius 1 is 0.633 bits per heavy atom. The van der Waals surface area contributed by atoms with E-state index in [4.69, 9.17) is 26.0 Å². The third-order valence-corrected chi connectivity index (χ3v) is 5.78. The normalized spacial score (nSPS) is 9.41.